The molecule has 0 spiro atoms. The van der Waals surface area contributed by atoms with Gasteiger partial charge in [-0.25, -0.2) is 0 Å². The van der Waals surface area contributed by atoms with Crippen molar-refractivity contribution in [3.05, 3.63) is 30.0 Å². The lowest BCUT2D eigenvalue weighted by molar-refractivity contribution is 0.0824. The van der Waals surface area contributed by atoms with Gasteiger partial charge in [-0.3, -0.25) is 14.6 Å². The molecule has 124 valence electrons. The van der Waals surface area contributed by atoms with E-state index in [1.807, 2.05) is 18.2 Å². The van der Waals surface area contributed by atoms with Crippen LogP contribution in [0.2, 0.25) is 0 Å². The number of methoxy groups -OCH3 is 1. The van der Waals surface area contributed by atoms with Crippen LogP contribution in [0, 0.1) is 0 Å². The minimum absolute atomic E-state index is 0.125. The molecule has 1 aliphatic rings. The van der Waals surface area contributed by atoms with Gasteiger partial charge in [0.1, 0.15) is 5.75 Å². The van der Waals surface area contributed by atoms with Crippen LogP contribution in [0.1, 0.15) is 10.4 Å². The summed E-state index contributed by atoms with van der Waals surface area (Å²) in [5, 5.41) is 9.89. The van der Waals surface area contributed by atoms with Crippen molar-refractivity contribution >= 4 is 16.7 Å². The third-order valence-corrected chi connectivity index (χ3v) is 4.44. The number of Topliss-reactive ketones (excluding diaryl/α,β-unsaturated/α-hetero) is 1. The molecule has 0 radical (unpaired) electrons. The van der Waals surface area contributed by atoms with Gasteiger partial charge in [-0.2, -0.15) is 0 Å². The maximum Gasteiger partial charge on any atom is 0.178 e. The first-order valence-corrected chi connectivity index (χ1v) is 7.95. The minimum atomic E-state index is 0.125. The van der Waals surface area contributed by atoms with E-state index in [2.05, 4.69) is 14.8 Å². The molecule has 0 saturated carbocycles. The third-order valence-electron chi connectivity index (χ3n) is 4.44. The van der Waals surface area contributed by atoms with E-state index in [0.29, 0.717) is 13.1 Å². The largest absolute Gasteiger partial charge is 0.497 e. The first kappa shape index (κ1) is 16.0. The summed E-state index contributed by atoms with van der Waals surface area (Å²) in [6, 6.07) is 5.71. The van der Waals surface area contributed by atoms with Gasteiger partial charge in [-0.15, -0.1) is 0 Å². The fourth-order valence-electron chi connectivity index (χ4n) is 3.06. The number of hydrogen-bond donors (Lipinski definition) is 2. The Balaban J connectivity index is 1.67. The van der Waals surface area contributed by atoms with Gasteiger partial charge >= 0.3 is 0 Å². The van der Waals surface area contributed by atoms with Crippen LogP contribution in [-0.2, 0) is 0 Å². The van der Waals surface area contributed by atoms with Crippen molar-refractivity contribution in [3.8, 4) is 5.75 Å². The van der Waals surface area contributed by atoms with E-state index in [0.717, 1.165) is 48.4 Å². The molecule has 0 atom stereocenters. The van der Waals surface area contributed by atoms with E-state index in [1.165, 1.54) is 0 Å². The lowest BCUT2D eigenvalue weighted by atomic mass is 10.1. The molecule has 6 nitrogen and oxygen atoms in total. The average Bonchev–Trinajstić information content (AvgIpc) is 3.00. The number of aliphatic hydroxyl groups excluding tert-OH is 1. The maximum atomic E-state index is 12.6. The highest BCUT2D eigenvalue weighted by atomic mass is 16.5. The normalized spacial score (nSPS) is 16.8. The van der Waals surface area contributed by atoms with Crippen molar-refractivity contribution in [3.63, 3.8) is 0 Å². The second kappa shape index (κ2) is 7.12. The molecule has 6 heteroatoms. The highest BCUT2D eigenvalue weighted by Gasteiger charge is 2.20. The number of fused-ring (bicyclic) bond motifs is 1. The summed E-state index contributed by atoms with van der Waals surface area (Å²) in [6.45, 7) is 4.84. The van der Waals surface area contributed by atoms with Gasteiger partial charge in [0.15, 0.2) is 5.78 Å². The fourth-order valence-corrected chi connectivity index (χ4v) is 3.06. The first-order chi connectivity index (χ1) is 11.2. The van der Waals surface area contributed by atoms with Gasteiger partial charge in [0, 0.05) is 55.4 Å². The molecule has 1 aliphatic heterocycles. The van der Waals surface area contributed by atoms with Crippen molar-refractivity contribution in [2.24, 2.45) is 0 Å². The van der Waals surface area contributed by atoms with Crippen LogP contribution in [0.15, 0.2) is 24.4 Å². The van der Waals surface area contributed by atoms with Crippen LogP contribution >= 0.6 is 0 Å². The Morgan fingerprint density at radius 3 is 2.70 bits per heavy atom. The molecular weight excluding hydrogens is 294 g/mol. The Hall–Kier alpha value is -1.89. The molecule has 0 bridgehead atoms. The Labute approximate surface area is 135 Å². The van der Waals surface area contributed by atoms with Gasteiger partial charge in [0.2, 0.25) is 0 Å². The molecule has 1 saturated heterocycles. The lowest BCUT2D eigenvalue weighted by Crippen LogP contribution is -2.48. The van der Waals surface area contributed by atoms with Gasteiger partial charge in [0.05, 0.1) is 20.3 Å². The molecule has 2 aromatic rings. The summed E-state index contributed by atoms with van der Waals surface area (Å²) in [5.74, 6) is 0.879. The van der Waals surface area contributed by atoms with E-state index in [1.54, 1.807) is 13.3 Å². The van der Waals surface area contributed by atoms with Crippen LogP contribution in [0.5, 0.6) is 5.75 Å². The zero-order chi connectivity index (χ0) is 16.2. The number of hydrogen-bond acceptors (Lipinski definition) is 5. The van der Waals surface area contributed by atoms with Crippen molar-refractivity contribution in [1.29, 1.82) is 0 Å². The Bertz CT molecular complexity index is 675. The monoisotopic (exact) mass is 317 g/mol. The van der Waals surface area contributed by atoms with Crippen molar-refractivity contribution in [1.82, 2.24) is 14.8 Å². The standard InChI is InChI=1S/C17H23N3O3/c1-23-13-2-3-16-14(10-13)15(11-18-16)17(22)12-20-6-4-19(5-7-20)8-9-21/h2-3,10-11,18,21H,4-9,12H2,1H3. The highest BCUT2D eigenvalue weighted by molar-refractivity contribution is 6.09. The average molecular weight is 317 g/mol. The number of aromatic nitrogens is 1. The number of nitrogens with one attached hydrogen (secondary N) is 1. The number of carbonyl (C=O) groups is 1. The van der Waals surface area contributed by atoms with E-state index in [-0.39, 0.29) is 12.4 Å². The summed E-state index contributed by atoms with van der Waals surface area (Å²) < 4.78 is 5.25. The van der Waals surface area contributed by atoms with Gasteiger partial charge in [-0.05, 0) is 18.2 Å². The fraction of sp³-hybridized carbons (Fsp3) is 0.471. The molecule has 1 aromatic carbocycles. The molecule has 2 heterocycles. The summed E-state index contributed by atoms with van der Waals surface area (Å²) in [5.41, 5.74) is 1.67. The zero-order valence-electron chi connectivity index (χ0n) is 13.4. The van der Waals surface area contributed by atoms with Crippen LogP contribution in [0.3, 0.4) is 0 Å². The van der Waals surface area contributed by atoms with Crippen LogP contribution in [0.25, 0.3) is 10.9 Å². The molecule has 0 unspecified atom stereocenters. The molecular formula is C17H23N3O3. The number of benzene rings is 1. The molecule has 1 fully saturated rings. The number of aliphatic hydroxyl groups is 1. The van der Waals surface area contributed by atoms with E-state index < -0.39 is 0 Å². The quantitative estimate of drug-likeness (QED) is 0.777. The number of H-pyrrole nitrogens is 1. The van der Waals surface area contributed by atoms with Crippen LogP contribution in [0.4, 0.5) is 0 Å². The van der Waals surface area contributed by atoms with E-state index >= 15 is 0 Å². The predicted molar refractivity (Wildman–Crippen MR) is 89.1 cm³/mol. The van der Waals surface area contributed by atoms with Gasteiger partial charge < -0.3 is 14.8 Å². The van der Waals surface area contributed by atoms with Gasteiger partial charge in [-0.1, -0.05) is 0 Å². The van der Waals surface area contributed by atoms with Gasteiger partial charge in [0.25, 0.3) is 0 Å². The number of piperazine rings is 1. The third kappa shape index (κ3) is 3.55. The molecule has 23 heavy (non-hydrogen) atoms. The van der Waals surface area contributed by atoms with Crippen LogP contribution in [-0.4, -0.2) is 78.7 Å². The number of β-amino-alcohol motifs (C(OH)–C–C–N with tert-alkyl or cyclic N) is 1. The summed E-state index contributed by atoms with van der Waals surface area (Å²) in [6.07, 6.45) is 1.79. The summed E-state index contributed by atoms with van der Waals surface area (Å²) in [7, 11) is 1.63. The first-order valence-electron chi connectivity index (χ1n) is 7.95. The van der Waals surface area contributed by atoms with Crippen molar-refractivity contribution in [2.75, 3.05) is 53.0 Å². The molecule has 1 aromatic heterocycles. The SMILES string of the molecule is COc1ccc2[nH]cc(C(=O)CN3CCN(CCO)CC3)c2c1. The Morgan fingerprint density at radius 2 is 2.00 bits per heavy atom. The number of ketones is 1. The Morgan fingerprint density at radius 1 is 1.26 bits per heavy atom. The number of nitrogens with zero attached hydrogens (tertiary/aromatic N) is 2. The molecule has 0 amide bonds. The van der Waals surface area contributed by atoms with E-state index in [4.69, 9.17) is 9.84 Å². The predicted octanol–water partition coefficient (Wildman–Crippen LogP) is 0.969. The number of ether oxygens (including phenoxy) is 1. The summed E-state index contributed by atoms with van der Waals surface area (Å²) in [4.78, 5) is 20.2. The highest BCUT2D eigenvalue weighted by Crippen LogP contribution is 2.24. The summed E-state index contributed by atoms with van der Waals surface area (Å²) >= 11 is 0. The van der Waals surface area contributed by atoms with Crippen molar-refractivity contribution in [2.45, 2.75) is 0 Å². The smallest absolute Gasteiger partial charge is 0.178 e. The molecule has 3 rings (SSSR count). The molecule has 0 aliphatic carbocycles. The molecule has 2 N–H and O–H groups in total. The van der Waals surface area contributed by atoms with Crippen LogP contribution < -0.4 is 4.74 Å². The lowest BCUT2D eigenvalue weighted by Gasteiger charge is -2.33. The number of aromatic amines is 1. The zero-order valence-corrected chi connectivity index (χ0v) is 13.4. The maximum absolute atomic E-state index is 12.6. The van der Waals surface area contributed by atoms with Crippen molar-refractivity contribution < 1.29 is 14.6 Å². The minimum Gasteiger partial charge on any atom is -0.497 e. The second-order valence-corrected chi connectivity index (χ2v) is 5.88. The second-order valence-electron chi connectivity index (χ2n) is 5.88. The Kier molecular flexibility index (Phi) is 4.95. The van der Waals surface area contributed by atoms with E-state index in [9.17, 15) is 4.79 Å². The number of carbonyl (C=O) groups excluding carboxylic acids is 1. The topological polar surface area (TPSA) is 68.8 Å². The number of rotatable bonds is 6.